The summed E-state index contributed by atoms with van der Waals surface area (Å²) >= 11 is 0. The van der Waals surface area contributed by atoms with Crippen molar-refractivity contribution >= 4 is 5.91 Å². The van der Waals surface area contributed by atoms with Crippen molar-refractivity contribution in [1.82, 2.24) is 20.2 Å². The molecule has 0 spiro atoms. The minimum absolute atomic E-state index is 0.122. The van der Waals surface area contributed by atoms with Gasteiger partial charge in [0.1, 0.15) is 17.9 Å². The number of halogens is 2. The topological polar surface area (TPSA) is 71.3 Å². The minimum atomic E-state index is -0.625. The van der Waals surface area contributed by atoms with Crippen molar-refractivity contribution in [3.05, 3.63) is 119 Å². The lowest BCUT2D eigenvalue weighted by Crippen LogP contribution is -2.28. The summed E-state index contributed by atoms with van der Waals surface area (Å²) in [5.41, 5.74) is 2.43. The average Bonchev–Trinajstić information content (AvgIpc) is 3.34. The third-order valence-corrected chi connectivity index (χ3v) is 5.73. The Labute approximate surface area is 202 Å². The van der Waals surface area contributed by atoms with E-state index in [0.29, 0.717) is 24.4 Å². The van der Waals surface area contributed by atoms with Crippen molar-refractivity contribution < 1.29 is 18.0 Å². The summed E-state index contributed by atoms with van der Waals surface area (Å²) in [6.07, 6.45) is 3.62. The van der Waals surface area contributed by atoms with Gasteiger partial charge in [-0.1, -0.05) is 42.5 Å². The fraction of sp³-hybridized carbons (Fsp3) is 0.222. The third-order valence-electron chi connectivity index (χ3n) is 5.73. The molecule has 2 aromatic carbocycles. The maximum Gasteiger partial charge on any atom is 0.273 e. The van der Waals surface area contributed by atoms with Crippen molar-refractivity contribution in [1.29, 1.82) is 0 Å². The monoisotopic (exact) mass is 476 g/mol. The highest BCUT2D eigenvalue weighted by molar-refractivity contribution is 5.91. The van der Waals surface area contributed by atoms with Gasteiger partial charge in [0, 0.05) is 49.1 Å². The van der Waals surface area contributed by atoms with Crippen molar-refractivity contribution in [2.45, 2.75) is 32.5 Å². The van der Waals surface area contributed by atoms with E-state index in [2.05, 4.69) is 15.3 Å². The van der Waals surface area contributed by atoms with Crippen LogP contribution in [0, 0.1) is 11.6 Å². The number of benzene rings is 2. The van der Waals surface area contributed by atoms with Gasteiger partial charge in [0.15, 0.2) is 5.69 Å². The molecule has 0 saturated heterocycles. The summed E-state index contributed by atoms with van der Waals surface area (Å²) in [5.74, 6) is -1.26. The SMILES string of the molecule is C[C@@H](c1ccccc1)N(Cc1nc(C(=O)NCCc2ccccn2)co1)Cc1ccc(F)cc1F. The lowest BCUT2D eigenvalue weighted by molar-refractivity contribution is 0.0949. The smallest absolute Gasteiger partial charge is 0.273 e. The van der Waals surface area contributed by atoms with E-state index in [1.54, 1.807) is 6.20 Å². The van der Waals surface area contributed by atoms with Gasteiger partial charge < -0.3 is 9.73 Å². The second-order valence-electron chi connectivity index (χ2n) is 8.18. The number of nitrogens with zero attached hydrogens (tertiary/aromatic N) is 3. The van der Waals surface area contributed by atoms with Crippen LogP contribution < -0.4 is 5.32 Å². The number of rotatable bonds is 10. The Bertz CT molecular complexity index is 1250. The van der Waals surface area contributed by atoms with Crippen LogP contribution in [0.3, 0.4) is 0 Å². The van der Waals surface area contributed by atoms with Crippen molar-refractivity contribution in [2.24, 2.45) is 0 Å². The van der Waals surface area contributed by atoms with Gasteiger partial charge in [-0.15, -0.1) is 0 Å². The molecule has 1 atom stereocenters. The van der Waals surface area contributed by atoms with Gasteiger partial charge in [-0.25, -0.2) is 13.8 Å². The number of hydrogen-bond donors (Lipinski definition) is 1. The Hall–Kier alpha value is -3.91. The maximum absolute atomic E-state index is 14.4. The summed E-state index contributed by atoms with van der Waals surface area (Å²) in [4.78, 5) is 23.0. The van der Waals surface area contributed by atoms with Gasteiger partial charge in [-0.05, 0) is 30.7 Å². The molecule has 0 bridgehead atoms. The molecule has 0 aliphatic heterocycles. The zero-order valence-corrected chi connectivity index (χ0v) is 19.3. The number of pyridine rings is 1. The molecular formula is C27H26F2N4O2. The van der Waals surface area contributed by atoms with Crippen LogP contribution in [-0.4, -0.2) is 27.3 Å². The van der Waals surface area contributed by atoms with E-state index in [1.165, 1.54) is 18.4 Å². The Morgan fingerprint density at radius 3 is 2.60 bits per heavy atom. The largest absolute Gasteiger partial charge is 0.447 e. The van der Waals surface area contributed by atoms with Gasteiger partial charge in [-0.2, -0.15) is 0 Å². The lowest BCUT2D eigenvalue weighted by Gasteiger charge is -2.28. The van der Waals surface area contributed by atoms with Gasteiger partial charge in [0.2, 0.25) is 5.89 Å². The predicted molar refractivity (Wildman–Crippen MR) is 127 cm³/mol. The summed E-state index contributed by atoms with van der Waals surface area (Å²) in [6.45, 7) is 2.84. The van der Waals surface area contributed by atoms with E-state index < -0.39 is 11.6 Å². The Kier molecular flexibility index (Phi) is 7.95. The zero-order chi connectivity index (χ0) is 24.6. The molecule has 4 aromatic rings. The molecule has 6 nitrogen and oxygen atoms in total. The van der Waals surface area contributed by atoms with E-state index in [1.807, 2.05) is 60.4 Å². The van der Waals surface area contributed by atoms with Gasteiger partial charge in [-0.3, -0.25) is 14.7 Å². The number of carbonyl (C=O) groups is 1. The first-order valence-corrected chi connectivity index (χ1v) is 11.3. The first kappa shape index (κ1) is 24.2. The highest BCUT2D eigenvalue weighted by Gasteiger charge is 2.21. The van der Waals surface area contributed by atoms with Gasteiger partial charge in [0.05, 0.1) is 6.54 Å². The normalized spacial score (nSPS) is 12.0. The van der Waals surface area contributed by atoms with E-state index >= 15 is 0 Å². The second-order valence-corrected chi connectivity index (χ2v) is 8.18. The van der Waals surface area contributed by atoms with Crippen molar-refractivity contribution in [3.63, 3.8) is 0 Å². The van der Waals surface area contributed by atoms with Crippen LogP contribution in [0.25, 0.3) is 0 Å². The molecule has 2 heterocycles. The highest BCUT2D eigenvalue weighted by Crippen LogP contribution is 2.25. The molecule has 1 N–H and O–H groups in total. The zero-order valence-electron chi connectivity index (χ0n) is 19.3. The van der Waals surface area contributed by atoms with Crippen LogP contribution in [0.1, 0.15) is 46.2 Å². The number of carbonyl (C=O) groups excluding carboxylic acids is 1. The third kappa shape index (κ3) is 6.58. The minimum Gasteiger partial charge on any atom is -0.447 e. The van der Waals surface area contributed by atoms with Crippen LogP contribution in [0.2, 0.25) is 0 Å². The first-order valence-electron chi connectivity index (χ1n) is 11.3. The predicted octanol–water partition coefficient (Wildman–Crippen LogP) is 5.08. The molecule has 0 fully saturated rings. The molecular weight excluding hydrogens is 450 g/mol. The van der Waals surface area contributed by atoms with E-state index in [0.717, 1.165) is 17.3 Å². The van der Waals surface area contributed by atoms with E-state index in [-0.39, 0.29) is 30.7 Å². The van der Waals surface area contributed by atoms with Crippen LogP contribution in [0.4, 0.5) is 8.78 Å². The average molecular weight is 477 g/mol. The Morgan fingerprint density at radius 2 is 1.86 bits per heavy atom. The number of hydrogen-bond acceptors (Lipinski definition) is 5. The summed E-state index contributed by atoms with van der Waals surface area (Å²) in [6, 6.07) is 18.8. The molecule has 0 radical (unpaired) electrons. The number of aromatic nitrogens is 2. The quantitative estimate of drug-likeness (QED) is 0.346. The molecule has 8 heteroatoms. The molecule has 4 rings (SSSR count). The van der Waals surface area contributed by atoms with Crippen LogP contribution in [0.5, 0.6) is 0 Å². The fourth-order valence-corrected chi connectivity index (χ4v) is 3.74. The maximum atomic E-state index is 14.4. The molecule has 2 aromatic heterocycles. The molecule has 0 aliphatic carbocycles. The number of nitrogens with one attached hydrogen (secondary N) is 1. The second kappa shape index (κ2) is 11.5. The van der Waals surface area contributed by atoms with E-state index in [9.17, 15) is 13.6 Å². The van der Waals surface area contributed by atoms with Gasteiger partial charge >= 0.3 is 0 Å². The van der Waals surface area contributed by atoms with Crippen molar-refractivity contribution in [2.75, 3.05) is 6.54 Å². The van der Waals surface area contributed by atoms with Crippen LogP contribution in [0.15, 0.2) is 83.6 Å². The molecule has 0 aliphatic rings. The molecule has 180 valence electrons. The highest BCUT2D eigenvalue weighted by atomic mass is 19.1. The number of oxazole rings is 1. The Morgan fingerprint density at radius 1 is 1.06 bits per heavy atom. The lowest BCUT2D eigenvalue weighted by atomic mass is 10.1. The standard InChI is InChI=1S/C27H26F2N4O2/c1-19(20-7-3-2-4-8-20)33(16-21-10-11-22(28)15-24(21)29)17-26-32-25(18-35-26)27(34)31-14-12-23-9-5-6-13-30-23/h2-11,13,15,18-19H,12,14,16-17H2,1H3,(H,31,34)/t19-/m0/s1. The summed E-state index contributed by atoms with van der Waals surface area (Å²) < 4.78 is 33.4. The van der Waals surface area contributed by atoms with Crippen LogP contribution >= 0.6 is 0 Å². The summed E-state index contributed by atoms with van der Waals surface area (Å²) in [7, 11) is 0. The molecule has 1 amide bonds. The van der Waals surface area contributed by atoms with Crippen LogP contribution in [-0.2, 0) is 19.5 Å². The van der Waals surface area contributed by atoms with Gasteiger partial charge in [0.25, 0.3) is 5.91 Å². The fourth-order valence-electron chi connectivity index (χ4n) is 3.74. The molecule has 0 unspecified atom stereocenters. The molecule has 0 saturated carbocycles. The van der Waals surface area contributed by atoms with Crippen molar-refractivity contribution in [3.8, 4) is 0 Å². The summed E-state index contributed by atoms with van der Waals surface area (Å²) in [5, 5.41) is 2.82. The number of amides is 1. The first-order chi connectivity index (χ1) is 17.0. The molecule has 35 heavy (non-hydrogen) atoms. The van der Waals surface area contributed by atoms with E-state index in [4.69, 9.17) is 4.42 Å². The Balaban J connectivity index is 1.45.